The highest BCUT2D eigenvalue weighted by molar-refractivity contribution is 7.80. The van der Waals surface area contributed by atoms with Crippen LogP contribution in [0.25, 0.3) is 6.08 Å². The van der Waals surface area contributed by atoms with E-state index in [1.807, 2.05) is 0 Å². The maximum Gasteiger partial charge on any atom is 0.169 e. The molecule has 1 aromatic rings. The Bertz CT molecular complexity index is 488. The molecule has 112 valence electrons. The van der Waals surface area contributed by atoms with Gasteiger partial charge in [0.05, 0.1) is 0 Å². The van der Waals surface area contributed by atoms with Gasteiger partial charge in [-0.15, -0.1) is 0 Å². The molecule has 1 aliphatic heterocycles. The van der Waals surface area contributed by atoms with Gasteiger partial charge in [0.15, 0.2) is 5.11 Å². The second-order valence-corrected chi connectivity index (χ2v) is 6.21. The minimum atomic E-state index is 0.657. The Morgan fingerprint density at radius 2 is 1.86 bits per heavy atom. The van der Waals surface area contributed by atoms with Crippen LogP contribution in [-0.4, -0.2) is 53.7 Å². The summed E-state index contributed by atoms with van der Waals surface area (Å²) < 4.78 is 0. The molecule has 1 saturated heterocycles. The molecule has 1 aliphatic carbocycles. The van der Waals surface area contributed by atoms with Crippen molar-refractivity contribution < 1.29 is 0 Å². The number of benzene rings is 1. The quantitative estimate of drug-likeness (QED) is 0.860. The molecule has 21 heavy (non-hydrogen) atoms. The van der Waals surface area contributed by atoms with Gasteiger partial charge in [0.25, 0.3) is 0 Å². The van der Waals surface area contributed by atoms with Crippen molar-refractivity contribution in [1.82, 2.24) is 15.1 Å². The van der Waals surface area contributed by atoms with E-state index in [1.54, 1.807) is 0 Å². The van der Waals surface area contributed by atoms with Gasteiger partial charge in [-0.05, 0) is 30.6 Å². The smallest absolute Gasteiger partial charge is 0.169 e. The first-order valence-corrected chi connectivity index (χ1v) is 8.21. The Morgan fingerprint density at radius 1 is 1.14 bits per heavy atom. The van der Waals surface area contributed by atoms with E-state index < -0.39 is 0 Å². The van der Waals surface area contributed by atoms with Crippen molar-refractivity contribution in [3.05, 3.63) is 42.0 Å². The third-order valence-corrected chi connectivity index (χ3v) is 4.41. The van der Waals surface area contributed by atoms with Gasteiger partial charge in [-0.3, -0.25) is 4.90 Å². The van der Waals surface area contributed by atoms with E-state index in [0.29, 0.717) is 6.04 Å². The molecule has 0 spiro atoms. The van der Waals surface area contributed by atoms with Gasteiger partial charge in [-0.1, -0.05) is 42.5 Å². The van der Waals surface area contributed by atoms with Crippen molar-refractivity contribution in [3.8, 4) is 0 Å². The highest BCUT2D eigenvalue weighted by Gasteiger charge is 2.25. The molecule has 0 bridgehead atoms. The van der Waals surface area contributed by atoms with Gasteiger partial charge in [0, 0.05) is 38.8 Å². The molecule has 0 aromatic heterocycles. The second kappa shape index (κ2) is 7.05. The molecule has 1 heterocycles. The zero-order valence-corrected chi connectivity index (χ0v) is 13.2. The summed E-state index contributed by atoms with van der Waals surface area (Å²) in [6.45, 7) is 5.28. The van der Waals surface area contributed by atoms with Crippen LogP contribution in [0.1, 0.15) is 18.4 Å². The molecular formula is C17H23N3S. The average Bonchev–Trinajstić information content (AvgIpc) is 3.33. The SMILES string of the molecule is S=C(NC1CC1)N1CCN(C/C=C/c2ccccc2)CC1. The number of hydrogen-bond donors (Lipinski definition) is 1. The minimum absolute atomic E-state index is 0.657. The molecule has 2 fully saturated rings. The van der Waals surface area contributed by atoms with E-state index in [9.17, 15) is 0 Å². The second-order valence-electron chi connectivity index (χ2n) is 5.82. The molecule has 1 saturated carbocycles. The van der Waals surface area contributed by atoms with Crippen LogP contribution in [0.15, 0.2) is 36.4 Å². The van der Waals surface area contributed by atoms with Crippen molar-refractivity contribution in [3.63, 3.8) is 0 Å². The average molecular weight is 301 g/mol. The summed E-state index contributed by atoms with van der Waals surface area (Å²) in [6.07, 6.45) is 7.02. The number of piperazine rings is 1. The van der Waals surface area contributed by atoms with Gasteiger partial charge in [-0.2, -0.15) is 0 Å². The Labute approximate surface area is 132 Å². The van der Waals surface area contributed by atoms with Crippen molar-refractivity contribution in [2.75, 3.05) is 32.7 Å². The lowest BCUT2D eigenvalue weighted by Gasteiger charge is -2.35. The summed E-state index contributed by atoms with van der Waals surface area (Å²) in [5.41, 5.74) is 1.27. The number of nitrogens with zero attached hydrogens (tertiary/aromatic N) is 2. The Morgan fingerprint density at radius 3 is 2.52 bits per heavy atom. The number of thiocarbonyl (C=S) groups is 1. The van der Waals surface area contributed by atoms with Gasteiger partial charge in [0.1, 0.15) is 0 Å². The third kappa shape index (κ3) is 4.55. The van der Waals surface area contributed by atoms with Gasteiger partial charge in [-0.25, -0.2) is 0 Å². The first-order chi connectivity index (χ1) is 10.3. The number of hydrogen-bond acceptors (Lipinski definition) is 2. The normalized spacial score (nSPS) is 19.9. The van der Waals surface area contributed by atoms with Crippen molar-refractivity contribution >= 4 is 23.4 Å². The molecule has 0 radical (unpaired) electrons. The summed E-state index contributed by atoms with van der Waals surface area (Å²) in [4.78, 5) is 4.79. The van der Waals surface area contributed by atoms with Crippen LogP contribution in [0.4, 0.5) is 0 Å². The summed E-state index contributed by atoms with van der Waals surface area (Å²) in [7, 11) is 0. The van der Waals surface area contributed by atoms with Crippen LogP contribution >= 0.6 is 12.2 Å². The summed E-state index contributed by atoms with van der Waals surface area (Å²) in [5, 5.41) is 4.38. The molecule has 3 rings (SSSR count). The molecule has 0 atom stereocenters. The van der Waals surface area contributed by atoms with E-state index in [1.165, 1.54) is 18.4 Å². The molecule has 1 aromatic carbocycles. The van der Waals surface area contributed by atoms with Gasteiger partial charge in [0.2, 0.25) is 0 Å². The van der Waals surface area contributed by atoms with Crippen LogP contribution in [0.3, 0.4) is 0 Å². The van der Waals surface area contributed by atoms with Crippen molar-refractivity contribution in [2.24, 2.45) is 0 Å². The largest absolute Gasteiger partial charge is 0.360 e. The molecule has 2 aliphatic rings. The van der Waals surface area contributed by atoms with E-state index >= 15 is 0 Å². The highest BCUT2D eigenvalue weighted by Crippen LogP contribution is 2.19. The molecular weight excluding hydrogens is 278 g/mol. The zero-order valence-electron chi connectivity index (χ0n) is 12.4. The van der Waals surface area contributed by atoms with Gasteiger partial charge >= 0.3 is 0 Å². The zero-order chi connectivity index (χ0) is 14.5. The highest BCUT2D eigenvalue weighted by atomic mass is 32.1. The standard InChI is InChI=1S/C17H23N3S/c21-17(18-16-8-9-16)20-13-11-19(12-14-20)10-4-7-15-5-2-1-3-6-15/h1-7,16H,8-14H2,(H,18,21)/b7-4+. The molecule has 3 nitrogen and oxygen atoms in total. The Balaban J connectivity index is 1.39. The van der Waals surface area contributed by atoms with Crippen LogP contribution < -0.4 is 5.32 Å². The fourth-order valence-electron chi connectivity index (χ4n) is 2.53. The van der Waals surface area contributed by atoms with Crippen molar-refractivity contribution in [1.29, 1.82) is 0 Å². The Hall–Kier alpha value is -1.39. The van der Waals surface area contributed by atoms with Crippen LogP contribution in [0.2, 0.25) is 0 Å². The maximum absolute atomic E-state index is 5.46. The van der Waals surface area contributed by atoms with Crippen molar-refractivity contribution in [2.45, 2.75) is 18.9 Å². The fourth-order valence-corrected chi connectivity index (χ4v) is 2.88. The van der Waals surface area contributed by atoms with E-state index in [4.69, 9.17) is 12.2 Å². The Kier molecular flexibility index (Phi) is 4.88. The van der Waals surface area contributed by atoms with Crippen LogP contribution in [-0.2, 0) is 0 Å². The van der Waals surface area contributed by atoms with Crippen LogP contribution in [0.5, 0.6) is 0 Å². The predicted molar refractivity (Wildman–Crippen MR) is 92.2 cm³/mol. The lowest BCUT2D eigenvalue weighted by atomic mass is 10.2. The predicted octanol–water partition coefficient (Wildman–Crippen LogP) is 2.35. The third-order valence-electron chi connectivity index (χ3n) is 4.04. The van der Waals surface area contributed by atoms with E-state index in [-0.39, 0.29) is 0 Å². The minimum Gasteiger partial charge on any atom is -0.360 e. The van der Waals surface area contributed by atoms with Crippen LogP contribution in [0, 0.1) is 0 Å². The van der Waals surface area contributed by atoms with E-state index in [0.717, 1.165) is 37.8 Å². The lowest BCUT2D eigenvalue weighted by molar-refractivity contribution is 0.197. The summed E-state index contributed by atoms with van der Waals surface area (Å²) in [6, 6.07) is 11.1. The molecule has 4 heteroatoms. The molecule has 0 amide bonds. The van der Waals surface area contributed by atoms with E-state index in [2.05, 4.69) is 57.6 Å². The maximum atomic E-state index is 5.46. The first kappa shape index (κ1) is 14.5. The van der Waals surface area contributed by atoms with Gasteiger partial charge < -0.3 is 10.2 Å². The summed E-state index contributed by atoms with van der Waals surface area (Å²) in [5.74, 6) is 0. The number of rotatable bonds is 4. The summed E-state index contributed by atoms with van der Waals surface area (Å²) >= 11 is 5.46. The number of nitrogens with one attached hydrogen (secondary N) is 1. The monoisotopic (exact) mass is 301 g/mol. The lowest BCUT2D eigenvalue weighted by Crippen LogP contribution is -2.51. The first-order valence-electron chi connectivity index (χ1n) is 7.80. The molecule has 1 N–H and O–H groups in total. The molecule has 0 unspecified atom stereocenters. The fraction of sp³-hybridized carbons (Fsp3) is 0.471. The topological polar surface area (TPSA) is 18.5 Å².